The summed E-state index contributed by atoms with van der Waals surface area (Å²) < 4.78 is 0. The van der Waals surface area contributed by atoms with Crippen LogP contribution < -0.4 is 5.32 Å². The van der Waals surface area contributed by atoms with E-state index in [2.05, 4.69) is 27.4 Å². The van der Waals surface area contributed by atoms with Crippen molar-refractivity contribution in [1.82, 2.24) is 14.9 Å². The fourth-order valence-electron chi connectivity index (χ4n) is 3.41. The second-order valence-electron chi connectivity index (χ2n) is 7.02. The zero-order valence-corrected chi connectivity index (χ0v) is 15.8. The Hall–Kier alpha value is -3.21. The van der Waals surface area contributed by atoms with E-state index in [0.29, 0.717) is 23.9 Å². The first-order valence-corrected chi connectivity index (χ1v) is 9.81. The van der Waals surface area contributed by atoms with Crippen molar-refractivity contribution in [3.8, 4) is 11.4 Å². The lowest BCUT2D eigenvalue weighted by Crippen LogP contribution is -2.36. The van der Waals surface area contributed by atoms with Gasteiger partial charge in [0.15, 0.2) is 5.82 Å². The summed E-state index contributed by atoms with van der Waals surface area (Å²) in [7, 11) is 0. The molecule has 1 fully saturated rings. The van der Waals surface area contributed by atoms with Crippen molar-refractivity contribution in [1.29, 1.82) is 0 Å². The van der Waals surface area contributed by atoms with E-state index >= 15 is 0 Å². The summed E-state index contributed by atoms with van der Waals surface area (Å²) in [5, 5.41) is 3.35. The molecule has 2 heterocycles. The van der Waals surface area contributed by atoms with Crippen molar-refractivity contribution in [3.05, 3.63) is 78.0 Å². The second-order valence-corrected chi connectivity index (χ2v) is 7.02. The molecule has 0 bridgehead atoms. The van der Waals surface area contributed by atoms with Gasteiger partial charge >= 0.3 is 0 Å². The van der Waals surface area contributed by atoms with Gasteiger partial charge in [0, 0.05) is 31.3 Å². The minimum Gasteiger partial charge on any atom is -0.366 e. The first-order chi connectivity index (χ1) is 13.8. The van der Waals surface area contributed by atoms with Gasteiger partial charge in [0.25, 0.3) is 5.91 Å². The number of benzene rings is 2. The molecular formula is C23H24N4O. The van der Waals surface area contributed by atoms with Gasteiger partial charge in [-0.2, -0.15) is 0 Å². The van der Waals surface area contributed by atoms with Gasteiger partial charge in [-0.25, -0.2) is 9.97 Å². The zero-order chi connectivity index (χ0) is 19.2. The number of amides is 1. The maximum Gasteiger partial charge on any atom is 0.272 e. The van der Waals surface area contributed by atoms with Gasteiger partial charge < -0.3 is 10.2 Å². The smallest absolute Gasteiger partial charge is 0.272 e. The van der Waals surface area contributed by atoms with E-state index in [0.717, 1.165) is 37.1 Å². The number of carbonyl (C=O) groups is 1. The molecular weight excluding hydrogens is 348 g/mol. The summed E-state index contributed by atoms with van der Waals surface area (Å²) in [6, 6.07) is 21.7. The van der Waals surface area contributed by atoms with Crippen molar-refractivity contribution in [2.75, 3.05) is 18.4 Å². The van der Waals surface area contributed by atoms with E-state index < -0.39 is 0 Å². The highest BCUT2D eigenvalue weighted by molar-refractivity contribution is 5.93. The third-order valence-corrected chi connectivity index (χ3v) is 4.94. The fourth-order valence-corrected chi connectivity index (χ4v) is 3.41. The van der Waals surface area contributed by atoms with Gasteiger partial charge in [-0.1, -0.05) is 60.7 Å². The summed E-state index contributed by atoms with van der Waals surface area (Å²) in [6.07, 6.45) is 3.30. The van der Waals surface area contributed by atoms with Crippen molar-refractivity contribution < 1.29 is 4.79 Å². The van der Waals surface area contributed by atoms with E-state index in [9.17, 15) is 4.79 Å². The second kappa shape index (κ2) is 8.65. The number of hydrogen-bond acceptors (Lipinski definition) is 4. The molecule has 1 N–H and O–H groups in total. The number of anilines is 1. The van der Waals surface area contributed by atoms with Crippen LogP contribution in [0.1, 0.15) is 35.3 Å². The van der Waals surface area contributed by atoms with Gasteiger partial charge in [-0.15, -0.1) is 0 Å². The maximum absolute atomic E-state index is 13.0. The number of aromatic nitrogens is 2. The average molecular weight is 372 g/mol. The maximum atomic E-state index is 13.0. The first kappa shape index (κ1) is 18.2. The minimum absolute atomic E-state index is 0.0120. The highest BCUT2D eigenvalue weighted by Crippen LogP contribution is 2.20. The number of likely N-dealkylation sites (tertiary alicyclic amines) is 1. The van der Waals surface area contributed by atoms with Crippen LogP contribution in [0.2, 0.25) is 0 Å². The Labute approximate surface area is 165 Å². The average Bonchev–Trinajstić information content (AvgIpc) is 2.79. The predicted octanol–water partition coefficient (Wildman–Crippen LogP) is 4.38. The van der Waals surface area contributed by atoms with Crippen molar-refractivity contribution in [3.63, 3.8) is 0 Å². The van der Waals surface area contributed by atoms with Gasteiger partial charge in [-0.05, 0) is 24.8 Å². The molecule has 1 aliphatic heterocycles. The predicted molar refractivity (Wildman–Crippen MR) is 111 cm³/mol. The largest absolute Gasteiger partial charge is 0.366 e. The number of rotatable bonds is 5. The van der Waals surface area contributed by atoms with Crippen molar-refractivity contribution in [2.45, 2.75) is 25.8 Å². The first-order valence-electron chi connectivity index (χ1n) is 9.81. The van der Waals surface area contributed by atoms with E-state index in [4.69, 9.17) is 0 Å². The molecule has 0 atom stereocenters. The molecule has 0 unspecified atom stereocenters. The Morgan fingerprint density at radius 1 is 0.893 bits per heavy atom. The van der Waals surface area contributed by atoms with Crippen LogP contribution in [-0.4, -0.2) is 33.9 Å². The molecule has 5 heteroatoms. The molecule has 142 valence electrons. The molecule has 1 amide bonds. The summed E-state index contributed by atoms with van der Waals surface area (Å²) in [5.74, 6) is 1.22. The van der Waals surface area contributed by atoms with Gasteiger partial charge in [0.05, 0.1) is 0 Å². The SMILES string of the molecule is O=C(c1cc(NCc2ccccc2)nc(-c2ccccc2)n1)N1CCCCC1. The van der Waals surface area contributed by atoms with Crippen LogP contribution in [0.25, 0.3) is 11.4 Å². The van der Waals surface area contributed by atoms with Crippen LogP contribution in [0.3, 0.4) is 0 Å². The quantitative estimate of drug-likeness (QED) is 0.722. The van der Waals surface area contributed by atoms with Crippen molar-refractivity contribution in [2.24, 2.45) is 0 Å². The topological polar surface area (TPSA) is 58.1 Å². The molecule has 0 radical (unpaired) electrons. The molecule has 0 aliphatic carbocycles. The Balaban J connectivity index is 1.63. The molecule has 2 aromatic carbocycles. The van der Waals surface area contributed by atoms with Crippen LogP contribution >= 0.6 is 0 Å². The number of nitrogens with one attached hydrogen (secondary N) is 1. The van der Waals surface area contributed by atoms with Gasteiger partial charge in [-0.3, -0.25) is 4.79 Å². The standard InChI is InChI=1S/C23H24N4O/c28-23(27-14-8-3-9-15-27)20-16-21(24-17-18-10-4-1-5-11-18)26-22(25-20)19-12-6-2-7-13-19/h1-2,4-7,10-13,16H,3,8-9,14-15,17H2,(H,24,25,26). The zero-order valence-electron chi connectivity index (χ0n) is 15.8. The molecule has 28 heavy (non-hydrogen) atoms. The Morgan fingerprint density at radius 3 is 2.29 bits per heavy atom. The molecule has 4 rings (SSSR count). The van der Waals surface area contributed by atoms with Crippen molar-refractivity contribution >= 4 is 11.7 Å². The summed E-state index contributed by atoms with van der Waals surface area (Å²) in [6.45, 7) is 2.25. The Kier molecular flexibility index (Phi) is 5.61. The summed E-state index contributed by atoms with van der Waals surface area (Å²) in [5.41, 5.74) is 2.51. The Bertz CT molecular complexity index is 922. The highest BCUT2D eigenvalue weighted by Gasteiger charge is 2.21. The van der Waals surface area contributed by atoms with Crippen LogP contribution in [0.15, 0.2) is 66.7 Å². The van der Waals surface area contributed by atoms with Crippen LogP contribution in [0.4, 0.5) is 5.82 Å². The molecule has 0 saturated carbocycles. The lowest BCUT2D eigenvalue weighted by molar-refractivity contribution is 0.0718. The van der Waals surface area contributed by atoms with Gasteiger partial charge in [0.1, 0.15) is 11.5 Å². The summed E-state index contributed by atoms with van der Waals surface area (Å²) >= 11 is 0. The highest BCUT2D eigenvalue weighted by atomic mass is 16.2. The van der Waals surface area contributed by atoms with E-state index in [1.165, 1.54) is 6.42 Å². The van der Waals surface area contributed by atoms with E-state index in [1.54, 1.807) is 6.07 Å². The molecule has 1 aliphatic rings. The minimum atomic E-state index is -0.0120. The molecule has 0 spiro atoms. The van der Waals surface area contributed by atoms with Crippen LogP contribution in [-0.2, 0) is 6.54 Å². The number of piperidine rings is 1. The molecule has 1 aromatic heterocycles. The number of nitrogens with zero attached hydrogens (tertiary/aromatic N) is 3. The number of hydrogen-bond donors (Lipinski definition) is 1. The monoisotopic (exact) mass is 372 g/mol. The molecule has 3 aromatic rings. The fraction of sp³-hybridized carbons (Fsp3) is 0.261. The number of carbonyl (C=O) groups excluding carboxylic acids is 1. The third kappa shape index (κ3) is 4.36. The molecule has 1 saturated heterocycles. The normalized spacial score (nSPS) is 13.9. The lowest BCUT2D eigenvalue weighted by atomic mass is 10.1. The van der Waals surface area contributed by atoms with E-state index in [-0.39, 0.29) is 5.91 Å². The van der Waals surface area contributed by atoms with Crippen LogP contribution in [0.5, 0.6) is 0 Å². The molecule has 5 nitrogen and oxygen atoms in total. The van der Waals surface area contributed by atoms with Crippen LogP contribution in [0, 0.1) is 0 Å². The van der Waals surface area contributed by atoms with Gasteiger partial charge in [0.2, 0.25) is 0 Å². The Morgan fingerprint density at radius 2 is 1.57 bits per heavy atom. The van der Waals surface area contributed by atoms with E-state index in [1.807, 2.05) is 53.4 Å². The summed E-state index contributed by atoms with van der Waals surface area (Å²) in [4.78, 5) is 24.2. The lowest BCUT2D eigenvalue weighted by Gasteiger charge is -2.26. The third-order valence-electron chi connectivity index (χ3n) is 4.94.